The fourth-order valence-electron chi connectivity index (χ4n) is 0.915. The van der Waals surface area contributed by atoms with Gasteiger partial charge in [-0.15, -0.1) is 0 Å². The molecule has 0 unspecified atom stereocenters. The Kier molecular flexibility index (Phi) is 5.65. The van der Waals surface area contributed by atoms with E-state index >= 15 is 0 Å². The minimum absolute atomic E-state index is 0.0987. The van der Waals surface area contributed by atoms with E-state index in [1.807, 2.05) is 0 Å². The minimum Gasteiger partial charge on any atom is -0.474 e. The molecule has 0 amide bonds. The molecule has 0 aromatic carbocycles. The summed E-state index contributed by atoms with van der Waals surface area (Å²) in [4.78, 5) is 8.15. The first kappa shape index (κ1) is 13.3. The molecule has 0 aliphatic rings. The van der Waals surface area contributed by atoms with Gasteiger partial charge in [0.15, 0.2) is 10.3 Å². The number of aliphatic hydroxyl groups excluding tert-OH is 1. The number of halogens is 1. The van der Waals surface area contributed by atoms with Crippen LogP contribution in [0.5, 0.6) is 5.88 Å². The van der Waals surface area contributed by atoms with Gasteiger partial charge >= 0.3 is 0 Å². The van der Waals surface area contributed by atoms with E-state index in [1.54, 1.807) is 0 Å². The highest BCUT2D eigenvalue weighted by atomic mass is 35.5. The van der Waals surface area contributed by atoms with Crippen LogP contribution < -0.4 is 10.5 Å². The summed E-state index contributed by atoms with van der Waals surface area (Å²) < 4.78 is 5.16. The van der Waals surface area contributed by atoms with Gasteiger partial charge in [-0.25, -0.2) is 4.98 Å². The monoisotopic (exact) mass is 263 g/mol. The van der Waals surface area contributed by atoms with E-state index in [2.05, 4.69) is 16.9 Å². The molecule has 1 heterocycles. The average Bonchev–Trinajstić information content (AvgIpc) is 2.28. The van der Waals surface area contributed by atoms with Crippen molar-refractivity contribution in [1.29, 1.82) is 0 Å². The van der Waals surface area contributed by atoms with Crippen LogP contribution in [-0.2, 0) is 0 Å². The van der Waals surface area contributed by atoms with Crippen LogP contribution >= 0.6 is 23.4 Å². The molecule has 0 spiro atoms. The van der Waals surface area contributed by atoms with Gasteiger partial charge in [-0.2, -0.15) is 4.98 Å². The third-order valence-electron chi connectivity index (χ3n) is 1.61. The summed E-state index contributed by atoms with van der Waals surface area (Å²) in [6.07, 6.45) is 1.02. The normalized spacial score (nSPS) is 10.4. The van der Waals surface area contributed by atoms with Crippen molar-refractivity contribution in [3.63, 3.8) is 0 Å². The highest BCUT2D eigenvalue weighted by molar-refractivity contribution is 7.99. The lowest BCUT2D eigenvalue weighted by atomic mass is 10.5. The molecule has 0 aliphatic carbocycles. The van der Waals surface area contributed by atoms with Gasteiger partial charge in [0.05, 0.1) is 6.61 Å². The topological polar surface area (TPSA) is 81.3 Å². The van der Waals surface area contributed by atoms with Crippen LogP contribution in [0.2, 0.25) is 5.15 Å². The fourth-order valence-corrected chi connectivity index (χ4v) is 1.82. The van der Waals surface area contributed by atoms with Crippen LogP contribution in [0.25, 0.3) is 0 Å². The second kappa shape index (κ2) is 6.78. The van der Waals surface area contributed by atoms with E-state index in [-0.39, 0.29) is 29.9 Å². The average molecular weight is 264 g/mol. The van der Waals surface area contributed by atoms with Gasteiger partial charge in [0.2, 0.25) is 5.88 Å². The zero-order valence-corrected chi connectivity index (χ0v) is 10.5. The van der Waals surface area contributed by atoms with Gasteiger partial charge in [0.25, 0.3) is 0 Å². The molecule has 1 aromatic heterocycles. The van der Waals surface area contributed by atoms with E-state index in [1.165, 1.54) is 11.8 Å². The largest absolute Gasteiger partial charge is 0.474 e. The zero-order valence-electron chi connectivity index (χ0n) is 8.94. The maximum absolute atomic E-state index is 8.65. The highest BCUT2D eigenvalue weighted by Gasteiger charge is 2.11. The standard InChI is InChI=1S/C9H14ClN3O2S/c1-2-5-16-9-12-7(10)6(11)8(13-9)15-4-3-14/h14H,2-5,11H2,1H3. The number of nitrogens with two attached hydrogens (primary N) is 1. The van der Waals surface area contributed by atoms with Crippen molar-refractivity contribution < 1.29 is 9.84 Å². The van der Waals surface area contributed by atoms with Gasteiger partial charge in [0, 0.05) is 5.75 Å². The minimum atomic E-state index is -0.0987. The van der Waals surface area contributed by atoms with Crippen molar-refractivity contribution in [2.24, 2.45) is 0 Å². The maximum atomic E-state index is 8.65. The van der Waals surface area contributed by atoms with E-state index in [4.69, 9.17) is 27.2 Å². The summed E-state index contributed by atoms with van der Waals surface area (Å²) in [5, 5.41) is 9.37. The van der Waals surface area contributed by atoms with Gasteiger partial charge < -0.3 is 15.6 Å². The van der Waals surface area contributed by atoms with Crippen molar-refractivity contribution in [2.45, 2.75) is 18.5 Å². The van der Waals surface area contributed by atoms with E-state index in [0.29, 0.717) is 5.16 Å². The number of anilines is 1. The summed E-state index contributed by atoms with van der Waals surface area (Å²) in [6.45, 7) is 2.10. The first-order valence-corrected chi connectivity index (χ1v) is 6.24. The molecule has 0 atom stereocenters. The molecule has 16 heavy (non-hydrogen) atoms. The van der Waals surface area contributed by atoms with Gasteiger partial charge in [-0.05, 0) is 6.42 Å². The lowest BCUT2D eigenvalue weighted by Gasteiger charge is -2.08. The molecule has 0 bridgehead atoms. The lowest BCUT2D eigenvalue weighted by molar-refractivity contribution is 0.196. The highest BCUT2D eigenvalue weighted by Crippen LogP contribution is 2.29. The van der Waals surface area contributed by atoms with E-state index < -0.39 is 0 Å². The number of hydrogen-bond acceptors (Lipinski definition) is 6. The third kappa shape index (κ3) is 3.70. The van der Waals surface area contributed by atoms with Crippen molar-refractivity contribution in [2.75, 3.05) is 24.7 Å². The molecular weight excluding hydrogens is 250 g/mol. The molecule has 0 saturated carbocycles. The Morgan fingerprint density at radius 3 is 2.88 bits per heavy atom. The van der Waals surface area contributed by atoms with Crippen molar-refractivity contribution in [3.8, 4) is 5.88 Å². The maximum Gasteiger partial charge on any atom is 0.243 e. The number of aliphatic hydroxyl groups is 1. The van der Waals surface area contributed by atoms with Crippen LogP contribution in [-0.4, -0.2) is 34.0 Å². The van der Waals surface area contributed by atoms with E-state index in [0.717, 1.165) is 12.2 Å². The zero-order chi connectivity index (χ0) is 12.0. The molecular formula is C9H14ClN3O2S. The van der Waals surface area contributed by atoms with Crippen molar-refractivity contribution in [1.82, 2.24) is 9.97 Å². The van der Waals surface area contributed by atoms with Crippen LogP contribution in [0, 0.1) is 0 Å². The lowest BCUT2D eigenvalue weighted by Crippen LogP contribution is -2.07. The SMILES string of the molecule is CCCSc1nc(Cl)c(N)c(OCCO)n1. The van der Waals surface area contributed by atoms with E-state index in [9.17, 15) is 0 Å². The summed E-state index contributed by atoms with van der Waals surface area (Å²) in [6, 6.07) is 0. The van der Waals surface area contributed by atoms with Crippen molar-refractivity contribution in [3.05, 3.63) is 5.15 Å². The summed E-state index contributed by atoms with van der Waals surface area (Å²) in [5.74, 6) is 1.13. The number of rotatable bonds is 6. The Labute approximate surface area is 103 Å². The predicted molar refractivity (Wildman–Crippen MR) is 65.1 cm³/mol. The second-order valence-corrected chi connectivity index (χ2v) is 4.36. The molecule has 3 N–H and O–H groups in total. The smallest absolute Gasteiger partial charge is 0.243 e. The summed E-state index contributed by atoms with van der Waals surface area (Å²) >= 11 is 7.33. The molecule has 0 aliphatic heterocycles. The Hall–Kier alpha value is -0.720. The Morgan fingerprint density at radius 2 is 2.25 bits per heavy atom. The van der Waals surface area contributed by atoms with Crippen LogP contribution in [0.1, 0.15) is 13.3 Å². The Balaban J connectivity index is 2.83. The fraction of sp³-hybridized carbons (Fsp3) is 0.556. The first-order valence-electron chi connectivity index (χ1n) is 4.88. The number of nitrogens with zero attached hydrogens (tertiary/aromatic N) is 2. The van der Waals surface area contributed by atoms with Gasteiger partial charge in [0.1, 0.15) is 12.3 Å². The number of hydrogen-bond donors (Lipinski definition) is 2. The third-order valence-corrected chi connectivity index (χ3v) is 2.95. The van der Waals surface area contributed by atoms with Crippen molar-refractivity contribution >= 4 is 29.1 Å². The first-order chi connectivity index (χ1) is 7.69. The molecule has 0 saturated heterocycles. The van der Waals surface area contributed by atoms with Crippen LogP contribution in [0.15, 0.2) is 5.16 Å². The van der Waals surface area contributed by atoms with Crippen LogP contribution in [0.4, 0.5) is 5.69 Å². The quantitative estimate of drug-likeness (QED) is 0.461. The molecule has 7 heteroatoms. The molecule has 0 radical (unpaired) electrons. The number of thioether (sulfide) groups is 1. The predicted octanol–water partition coefficient (Wildman–Crippen LogP) is 1.59. The molecule has 5 nitrogen and oxygen atoms in total. The Bertz CT molecular complexity index is 352. The molecule has 0 fully saturated rings. The van der Waals surface area contributed by atoms with Gasteiger partial charge in [-0.1, -0.05) is 30.3 Å². The number of aromatic nitrogens is 2. The summed E-state index contributed by atoms with van der Waals surface area (Å²) in [7, 11) is 0. The summed E-state index contributed by atoms with van der Waals surface area (Å²) in [5.41, 5.74) is 5.85. The number of nitrogen functional groups attached to an aromatic ring is 1. The Morgan fingerprint density at radius 1 is 1.50 bits per heavy atom. The molecule has 1 rings (SSSR count). The van der Waals surface area contributed by atoms with Gasteiger partial charge in [-0.3, -0.25) is 0 Å². The molecule has 1 aromatic rings. The molecule has 90 valence electrons. The number of ether oxygens (including phenoxy) is 1. The second-order valence-electron chi connectivity index (χ2n) is 2.94. The van der Waals surface area contributed by atoms with Crippen LogP contribution in [0.3, 0.4) is 0 Å².